The van der Waals surface area contributed by atoms with Crippen molar-refractivity contribution in [2.24, 2.45) is 11.8 Å². The van der Waals surface area contributed by atoms with Crippen molar-refractivity contribution in [3.05, 3.63) is 18.6 Å². The lowest BCUT2D eigenvalue weighted by atomic mass is 9.81. The predicted octanol–water partition coefficient (Wildman–Crippen LogP) is 1.35. The number of sulfonamides is 1. The van der Waals surface area contributed by atoms with Crippen LogP contribution in [0.25, 0.3) is 11.0 Å². The van der Waals surface area contributed by atoms with E-state index in [2.05, 4.69) is 25.9 Å². The van der Waals surface area contributed by atoms with Gasteiger partial charge in [-0.15, -0.1) is 0 Å². The molecule has 0 amide bonds. The van der Waals surface area contributed by atoms with Crippen LogP contribution in [-0.4, -0.2) is 59.6 Å². The molecular weight excluding hydrogens is 352 g/mol. The minimum Gasteiger partial charge on any atom is -0.356 e. The van der Waals surface area contributed by atoms with Crippen molar-refractivity contribution in [2.75, 3.05) is 30.8 Å². The molecule has 1 N–H and O–H groups in total. The third kappa shape index (κ3) is 3.04. The summed E-state index contributed by atoms with van der Waals surface area (Å²) in [7, 11) is -1.27. The zero-order valence-electron chi connectivity index (χ0n) is 14.7. The zero-order valence-corrected chi connectivity index (χ0v) is 15.5. The summed E-state index contributed by atoms with van der Waals surface area (Å²) in [6.07, 6.45) is 5.70. The van der Waals surface area contributed by atoms with Crippen molar-refractivity contribution < 1.29 is 8.42 Å². The number of fused-ring (bicyclic) bond motifs is 1. The Balaban J connectivity index is 1.37. The Morgan fingerprint density at radius 1 is 1.42 bits per heavy atom. The lowest BCUT2D eigenvalue weighted by molar-refractivity contribution is 0.278. The van der Waals surface area contributed by atoms with Gasteiger partial charge in [0.15, 0.2) is 0 Å². The standard InChI is InChI=1S/C17H22N6O2S/c1-22(17-15-2-4-19-16(15)20-11-21-17)14-6-13(7-14)10-26(24,25)23-5-3-12(8-18)9-23/h2,4,11-14H,3,5-7,9-10H2,1H3,(H,19,20,21)/t12?,13-,14+. The van der Waals surface area contributed by atoms with E-state index < -0.39 is 10.0 Å². The Morgan fingerprint density at radius 2 is 2.23 bits per heavy atom. The molecule has 0 bridgehead atoms. The van der Waals surface area contributed by atoms with Crippen molar-refractivity contribution in [2.45, 2.75) is 25.3 Å². The fraction of sp³-hybridized carbons (Fsp3) is 0.588. The highest BCUT2D eigenvalue weighted by Crippen LogP contribution is 2.36. The number of nitriles is 1. The molecule has 0 aromatic carbocycles. The summed E-state index contributed by atoms with van der Waals surface area (Å²) in [6.45, 7) is 0.824. The highest BCUT2D eigenvalue weighted by molar-refractivity contribution is 7.89. The molecule has 0 spiro atoms. The van der Waals surface area contributed by atoms with E-state index >= 15 is 0 Å². The molecule has 2 aromatic rings. The Hall–Kier alpha value is -2.18. The minimum absolute atomic E-state index is 0.161. The number of H-pyrrole nitrogens is 1. The Bertz CT molecular complexity index is 944. The maximum absolute atomic E-state index is 12.6. The predicted molar refractivity (Wildman–Crippen MR) is 97.9 cm³/mol. The molecule has 1 unspecified atom stereocenters. The van der Waals surface area contributed by atoms with Crippen molar-refractivity contribution in [1.82, 2.24) is 19.3 Å². The van der Waals surface area contributed by atoms with Crippen LogP contribution in [0.1, 0.15) is 19.3 Å². The van der Waals surface area contributed by atoms with E-state index in [0.717, 1.165) is 29.7 Å². The summed E-state index contributed by atoms with van der Waals surface area (Å²) in [5.74, 6) is 1.06. The van der Waals surface area contributed by atoms with Gasteiger partial charge in [-0.3, -0.25) is 0 Å². The van der Waals surface area contributed by atoms with Gasteiger partial charge < -0.3 is 9.88 Å². The zero-order chi connectivity index (χ0) is 18.3. The molecule has 2 fully saturated rings. The molecule has 1 aliphatic heterocycles. The summed E-state index contributed by atoms with van der Waals surface area (Å²) >= 11 is 0. The molecule has 4 rings (SSSR count). The first kappa shape index (κ1) is 17.2. The second-order valence-electron chi connectivity index (χ2n) is 7.29. The van der Waals surface area contributed by atoms with E-state index in [1.54, 1.807) is 6.33 Å². The van der Waals surface area contributed by atoms with Crippen LogP contribution < -0.4 is 4.90 Å². The fourth-order valence-electron chi connectivity index (χ4n) is 3.96. The third-order valence-electron chi connectivity index (χ3n) is 5.60. The summed E-state index contributed by atoms with van der Waals surface area (Å²) in [5, 5.41) is 9.94. The van der Waals surface area contributed by atoms with E-state index in [1.165, 1.54) is 4.31 Å². The molecular formula is C17H22N6O2S. The van der Waals surface area contributed by atoms with Crippen LogP contribution in [0.5, 0.6) is 0 Å². The third-order valence-corrected chi connectivity index (χ3v) is 7.61. The summed E-state index contributed by atoms with van der Waals surface area (Å²) < 4.78 is 26.6. The second kappa shape index (κ2) is 6.52. The van der Waals surface area contributed by atoms with Crippen LogP contribution in [-0.2, 0) is 10.0 Å². The summed E-state index contributed by atoms with van der Waals surface area (Å²) in [6, 6.07) is 4.42. The first-order chi connectivity index (χ1) is 12.5. The molecule has 3 heterocycles. The van der Waals surface area contributed by atoms with Gasteiger partial charge in [-0.1, -0.05) is 0 Å². The fourth-order valence-corrected chi connectivity index (χ4v) is 5.82. The number of nitrogens with zero attached hydrogens (tertiary/aromatic N) is 5. The van der Waals surface area contributed by atoms with Crippen molar-refractivity contribution in [3.8, 4) is 6.07 Å². The maximum Gasteiger partial charge on any atom is 0.214 e. The monoisotopic (exact) mass is 374 g/mol. The average Bonchev–Trinajstić information content (AvgIpc) is 3.25. The number of hydrogen-bond acceptors (Lipinski definition) is 6. The number of rotatable bonds is 5. The molecule has 1 saturated carbocycles. The summed E-state index contributed by atoms with van der Waals surface area (Å²) in [5.41, 5.74) is 0.807. The van der Waals surface area contributed by atoms with Crippen molar-refractivity contribution in [1.29, 1.82) is 5.26 Å². The molecule has 0 radical (unpaired) electrons. The van der Waals surface area contributed by atoms with Crippen LogP contribution in [0.2, 0.25) is 0 Å². The number of aromatic nitrogens is 3. The van der Waals surface area contributed by atoms with Crippen LogP contribution >= 0.6 is 0 Å². The maximum atomic E-state index is 12.6. The molecule has 9 heteroatoms. The molecule has 138 valence electrons. The lowest BCUT2D eigenvalue weighted by Gasteiger charge is -2.42. The van der Waals surface area contributed by atoms with Crippen LogP contribution in [0, 0.1) is 23.2 Å². The number of aromatic amines is 1. The highest BCUT2D eigenvalue weighted by atomic mass is 32.2. The van der Waals surface area contributed by atoms with Gasteiger partial charge in [-0.05, 0) is 31.2 Å². The Morgan fingerprint density at radius 3 is 2.96 bits per heavy atom. The van der Waals surface area contributed by atoms with Gasteiger partial charge >= 0.3 is 0 Å². The van der Waals surface area contributed by atoms with Crippen LogP contribution in [0.3, 0.4) is 0 Å². The highest BCUT2D eigenvalue weighted by Gasteiger charge is 2.39. The van der Waals surface area contributed by atoms with E-state index in [1.807, 2.05) is 19.3 Å². The Labute approximate surface area is 152 Å². The van der Waals surface area contributed by atoms with E-state index in [4.69, 9.17) is 5.26 Å². The number of hydrogen-bond donors (Lipinski definition) is 1. The normalized spacial score (nSPS) is 26.5. The van der Waals surface area contributed by atoms with E-state index in [-0.39, 0.29) is 23.6 Å². The van der Waals surface area contributed by atoms with Crippen molar-refractivity contribution in [3.63, 3.8) is 0 Å². The largest absolute Gasteiger partial charge is 0.356 e. The average molecular weight is 374 g/mol. The molecule has 2 aliphatic rings. The van der Waals surface area contributed by atoms with Crippen LogP contribution in [0.4, 0.5) is 5.82 Å². The molecule has 1 aliphatic carbocycles. The minimum atomic E-state index is -3.27. The van der Waals surface area contributed by atoms with Gasteiger partial charge in [-0.25, -0.2) is 22.7 Å². The molecule has 1 saturated heterocycles. The van der Waals surface area contributed by atoms with Gasteiger partial charge in [0.2, 0.25) is 10.0 Å². The van der Waals surface area contributed by atoms with E-state index in [0.29, 0.717) is 19.5 Å². The summed E-state index contributed by atoms with van der Waals surface area (Å²) in [4.78, 5) is 13.8. The Kier molecular flexibility index (Phi) is 4.32. The first-order valence-corrected chi connectivity index (χ1v) is 10.5. The topological polar surface area (TPSA) is 106 Å². The van der Waals surface area contributed by atoms with Crippen LogP contribution in [0.15, 0.2) is 18.6 Å². The molecule has 26 heavy (non-hydrogen) atoms. The van der Waals surface area contributed by atoms with Crippen molar-refractivity contribution >= 4 is 26.9 Å². The van der Waals surface area contributed by atoms with E-state index in [9.17, 15) is 8.42 Å². The smallest absolute Gasteiger partial charge is 0.214 e. The lowest BCUT2D eigenvalue weighted by Crippen LogP contribution is -2.46. The van der Waals surface area contributed by atoms with Gasteiger partial charge in [0.25, 0.3) is 0 Å². The number of anilines is 1. The first-order valence-electron chi connectivity index (χ1n) is 8.86. The van der Waals surface area contributed by atoms with Gasteiger partial charge in [0.05, 0.1) is 23.1 Å². The second-order valence-corrected chi connectivity index (χ2v) is 9.30. The SMILES string of the molecule is CN(c1ncnc2[nH]ccc12)[C@H]1C[C@@H](CS(=O)(=O)N2CCC(C#N)C2)C1. The van der Waals surface area contributed by atoms with Gasteiger partial charge in [0, 0.05) is 32.4 Å². The van der Waals surface area contributed by atoms with Gasteiger partial charge in [0.1, 0.15) is 17.8 Å². The molecule has 2 aromatic heterocycles. The quantitative estimate of drug-likeness (QED) is 0.847. The molecule has 1 atom stereocenters. The molecule has 8 nitrogen and oxygen atoms in total. The van der Waals surface area contributed by atoms with Gasteiger partial charge in [-0.2, -0.15) is 5.26 Å². The number of nitrogens with one attached hydrogen (secondary N) is 1.